The van der Waals surface area contributed by atoms with Gasteiger partial charge in [-0.3, -0.25) is 14.9 Å². The third-order valence-electron chi connectivity index (χ3n) is 4.42. The standard InChI is InChI=1S/C20H20N4O4/c1-13(2)23(20(25)16-10-7-11-17(14(16)3)24(26)27)12-18-21-19(22-28-18)15-8-5-4-6-9-15/h4-11,13H,12H2,1-3H3. The predicted molar refractivity (Wildman–Crippen MR) is 103 cm³/mol. The van der Waals surface area contributed by atoms with Gasteiger partial charge in [-0.2, -0.15) is 4.98 Å². The normalized spacial score (nSPS) is 10.9. The monoisotopic (exact) mass is 380 g/mol. The molecular weight excluding hydrogens is 360 g/mol. The first kappa shape index (κ1) is 19.2. The van der Waals surface area contributed by atoms with E-state index in [1.165, 1.54) is 12.1 Å². The topological polar surface area (TPSA) is 102 Å². The van der Waals surface area contributed by atoms with Gasteiger partial charge in [0.2, 0.25) is 11.7 Å². The van der Waals surface area contributed by atoms with E-state index >= 15 is 0 Å². The Hall–Kier alpha value is -3.55. The number of nitro groups is 1. The van der Waals surface area contributed by atoms with E-state index in [0.29, 0.717) is 17.3 Å². The summed E-state index contributed by atoms with van der Waals surface area (Å²) in [6, 6.07) is 13.7. The van der Waals surface area contributed by atoms with Crippen LogP contribution >= 0.6 is 0 Å². The number of hydrogen-bond acceptors (Lipinski definition) is 6. The summed E-state index contributed by atoms with van der Waals surface area (Å²) in [4.78, 5) is 29.7. The summed E-state index contributed by atoms with van der Waals surface area (Å²) in [7, 11) is 0. The Balaban J connectivity index is 1.87. The number of nitrogens with zero attached hydrogens (tertiary/aromatic N) is 4. The van der Waals surface area contributed by atoms with E-state index in [4.69, 9.17) is 4.52 Å². The van der Waals surface area contributed by atoms with Crippen molar-refractivity contribution in [3.8, 4) is 11.4 Å². The molecule has 1 heterocycles. The molecule has 0 saturated carbocycles. The maximum absolute atomic E-state index is 13.1. The zero-order valence-corrected chi connectivity index (χ0v) is 15.8. The van der Waals surface area contributed by atoms with Crippen LogP contribution in [0.3, 0.4) is 0 Å². The molecule has 8 heteroatoms. The molecule has 144 valence electrons. The number of amides is 1. The molecule has 8 nitrogen and oxygen atoms in total. The first-order valence-corrected chi connectivity index (χ1v) is 8.81. The van der Waals surface area contributed by atoms with Crippen LogP contribution in [0.4, 0.5) is 5.69 Å². The van der Waals surface area contributed by atoms with E-state index in [0.717, 1.165) is 5.56 Å². The zero-order chi connectivity index (χ0) is 20.3. The van der Waals surface area contributed by atoms with Crippen LogP contribution in [-0.2, 0) is 6.54 Å². The maximum atomic E-state index is 13.1. The van der Waals surface area contributed by atoms with Crippen LogP contribution in [0.1, 0.15) is 35.7 Å². The van der Waals surface area contributed by atoms with E-state index in [1.54, 1.807) is 17.9 Å². The lowest BCUT2D eigenvalue weighted by molar-refractivity contribution is -0.385. The molecule has 0 aliphatic rings. The van der Waals surface area contributed by atoms with Crippen LogP contribution in [-0.4, -0.2) is 31.9 Å². The fourth-order valence-corrected chi connectivity index (χ4v) is 2.87. The number of nitro benzene ring substituents is 1. The van der Waals surface area contributed by atoms with Crippen LogP contribution in [0, 0.1) is 17.0 Å². The number of rotatable bonds is 6. The van der Waals surface area contributed by atoms with Gasteiger partial charge in [-0.15, -0.1) is 0 Å². The van der Waals surface area contributed by atoms with E-state index in [-0.39, 0.29) is 29.7 Å². The Labute approximate surface area is 161 Å². The molecular formula is C20H20N4O4. The molecule has 1 aromatic heterocycles. The third kappa shape index (κ3) is 3.90. The lowest BCUT2D eigenvalue weighted by Gasteiger charge is -2.25. The minimum atomic E-state index is -0.490. The summed E-state index contributed by atoms with van der Waals surface area (Å²) in [5, 5.41) is 15.1. The SMILES string of the molecule is Cc1c(C(=O)N(Cc2nc(-c3ccccc3)no2)C(C)C)cccc1[N+](=O)[O-]. The summed E-state index contributed by atoms with van der Waals surface area (Å²) in [5.41, 5.74) is 1.34. The average Bonchev–Trinajstić information content (AvgIpc) is 3.15. The Morgan fingerprint density at radius 1 is 1.18 bits per heavy atom. The number of hydrogen-bond donors (Lipinski definition) is 0. The Morgan fingerprint density at radius 3 is 2.54 bits per heavy atom. The number of carbonyl (C=O) groups excluding carboxylic acids is 1. The highest BCUT2D eigenvalue weighted by Crippen LogP contribution is 2.24. The molecule has 28 heavy (non-hydrogen) atoms. The molecule has 0 spiro atoms. The highest BCUT2D eigenvalue weighted by atomic mass is 16.6. The molecule has 0 atom stereocenters. The molecule has 3 rings (SSSR count). The molecule has 0 fully saturated rings. The summed E-state index contributed by atoms with van der Waals surface area (Å²) < 4.78 is 5.31. The lowest BCUT2D eigenvalue weighted by Crippen LogP contribution is -2.37. The van der Waals surface area contributed by atoms with E-state index in [9.17, 15) is 14.9 Å². The number of aromatic nitrogens is 2. The second-order valence-electron chi connectivity index (χ2n) is 6.61. The number of benzene rings is 2. The van der Waals surface area contributed by atoms with Crippen LogP contribution in [0.25, 0.3) is 11.4 Å². The molecule has 2 aromatic carbocycles. The van der Waals surface area contributed by atoms with Gasteiger partial charge in [0.1, 0.15) is 6.54 Å². The molecule has 3 aromatic rings. The van der Waals surface area contributed by atoms with Gasteiger partial charge in [0.15, 0.2) is 0 Å². The van der Waals surface area contributed by atoms with Gasteiger partial charge in [-0.1, -0.05) is 41.6 Å². The Morgan fingerprint density at radius 2 is 1.89 bits per heavy atom. The van der Waals surface area contributed by atoms with Crippen molar-refractivity contribution in [2.24, 2.45) is 0 Å². The van der Waals surface area contributed by atoms with Crippen molar-refractivity contribution in [1.82, 2.24) is 15.0 Å². The minimum Gasteiger partial charge on any atom is -0.337 e. The Kier molecular flexibility index (Phi) is 5.49. The van der Waals surface area contributed by atoms with Gasteiger partial charge in [-0.05, 0) is 26.8 Å². The molecule has 1 amide bonds. The highest BCUT2D eigenvalue weighted by Gasteiger charge is 2.26. The van der Waals surface area contributed by atoms with Crippen molar-refractivity contribution in [2.75, 3.05) is 0 Å². The van der Waals surface area contributed by atoms with Gasteiger partial charge < -0.3 is 9.42 Å². The second kappa shape index (κ2) is 7.99. The van der Waals surface area contributed by atoms with Crippen molar-refractivity contribution < 1.29 is 14.2 Å². The van der Waals surface area contributed by atoms with Crippen LogP contribution in [0.15, 0.2) is 53.1 Å². The summed E-state index contributed by atoms with van der Waals surface area (Å²) in [6.07, 6.45) is 0. The fraction of sp³-hybridized carbons (Fsp3) is 0.250. The molecule has 0 unspecified atom stereocenters. The summed E-state index contributed by atoms with van der Waals surface area (Å²) >= 11 is 0. The first-order valence-electron chi connectivity index (χ1n) is 8.81. The lowest BCUT2D eigenvalue weighted by atomic mass is 10.0. The predicted octanol–water partition coefficient (Wildman–Crippen LogP) is 4.00. The van der Waals surface area contributed by atoms with Crippen LogP contribution < -0.4 is 0 Å². The number of carbonyl (C=O) groups is 1. The first-order chi connectivity index (χ1) is 13.4. The van der Waals surface area contributed by atoms with Crippen LogP contribution in [0.2, 0.25) is 0 Å². The quantitative estimate of drug-likeness (QED) is 0.473. The Bertz CT molecular complexity index is 998. The van der Waals surface area contributed by atoms with Crippen molar-refractivity contribution >= 4 is 11.6 Å². The average molecular weight is 380 g/mol. The molecule has 0 radical (unpaired) electrons. The minimum absolute atomic E-state index is 0.0845. The maximum Gasteiger partial charge on any atom is 0.273 e. The second-order valence-corrected chi connectivity index (χ2v) is 6.61. The summed E-state index contributed by atoms with van der Waals surface area (Å²) in [5.74, 6) is 0.415. The van der Waals surface area contributed by atoms with Gasteiger partial charge in [0.05, 0.1) is 4.92 Å². The van der Waals surface area contributed by atoms with Crippen molar-refractivity contribution in [2.45, 2.75) is 33.4 Å². The fourth-order valence-electron chi connectivity index (χ4n) is 2.87. The molecule has 0 bridgehead atoms. The molecule has 0 saturated heterocycles. The van der Waals surface area contributed by atoms with Gasteiger partial charge in [0.25, 0.3) is 11.6 Å². The molecule has 0 aliphatic carbocycles. The summed E-state index contributed by atoms with van der Waals surface area (Å²) in [6.45, 7) is 5.40. The van der Waals surface area contributed by atoms with Crippen molar-refractivity contribution in [1.29, 1.82) is 0 Å². The van der Waals surface area contributed by atoms with Gasteiger partial charge in [0, 0.05) is 28.8 Å². The molecule has 0 N–H and O–H groups in total. The largest absolute Gasteiger partial charge is 0.337 e. The third-order valence-corrected chi connectivity index (χ3v) is 4.42. The molecule has 0 aliphatic heterocycles. The highest BCUT2D eigenvalue weighted by molar-refractivity contribution is 5.96. The van der Waals surface area contributed by atoms with E-state index < -0.39 is 4.92 Å². The van der Waals surface area contributed by atoms with E-state index in [2.05, 4.69) is 10.1 Å². The van der Waals surface area contributed by atoms with Gasteiger partial charge in [-0.25, -0.2) is 0 Å². The van der Waals surface area contributed by atoms with Crippen molar-refractivity contribution in [3.63, 3.8) is 0 Å². The van der Waals surface area contributed by atoms with E-state index in [1.807, 2.05) is 44.2 Å². The zero-order valence-electron chi connectivity index (χ0n) is 15.8. The van der Waals surface area contributed by atoms with Gasteiger partial charge >= 0.3 is 0 Å². The van der Waals surface area contributed by atoms with Crippen molar-refractivity contribution in [3.05, 3.63) is 75.7 Å². The smallest absolute Gasteiger partial charge is 0.273 e. The van der Waals surface area contributed by atoms with Crippen LogP contribution in [0.5, 0.6) is 0 Å².